The van der Waals surface area contributed by atoms with Crippen molar-refractivity contribution < 1.29 is 26.8 Å². The summed E-state index contributed by atoms with van der Waals surface area (Å²) in [7, 11) is -3.80. The summed E-state index contributed by atoms with van der Waals surface area (Å²) in [6.45, 7) is 2.19. The maximum Gasteiger partial charge on any atom is 0.309 e. The van der Waals surface area contributed by atoms with Gasteiger partial charge in [0.15, 0.2) is 0 Å². The number of sulfonamides is 1. The van der Waals surface area contributed by atoms with Gasteiger partial charge < -0.3 is 15.1 Å². The van der Waals surface area contributed by atoms with E-state index in [1.54, 1.807) is 19.1 Å². The fraction of sp³-hybridized carbons (Fsp3) is 0.429. The highest BCUT2D eigenvalue weighted by molar-refractivity contribution is 7.89. The van der Waals surface area contributed by atoms with Crippen molar-refractivity contribution in [2.45, 2.75) is 50.1 Å². The Hall–Kier alpha value is -2.72. The van der Waals surface area contributed by atoms with Crippen molar-refractivity contribution in [3.63, 3.8) is 0 Å². The Morgan fingerprint density at radius 3 is 2.68 bits per heavy atom. The molecule has 1 fully saturated rings. The molecule has 0 aliphatic carbocycles. The van der Waals surface area contributed by atoms with E-state index in [0.717, 1.165) is 18.9 Å². The highest BCUT2D eigenvalue weighted by Crippen LogP contribution is 2.28. The Bertz CT molecular complexity index is 1020. The second kappa shape index (κ2) is 10.1. The summed E-state index contributed by atoms with van der Waals surface area (Å²) in [4.78, 5) is 24.0. The van der Waals surface area contributed by atoms with Gasteiger partial charge in [-0.3, -0.25) is 9.59 Å². The molecule has 2 aromatic rings. The molecule has 0 bridgehead atoms. The molecule has 2 amide bonds. The summed E-state index contributed by atoms with van der Waals surface area (Å²) in [5.41, 5.74) is 0.353. The first-order chi connectivity index (χ1) is 14.8. The van der Waals surface area contributed by atoms with E-state index >= 15 is 0 Å². The molecule has 31 heavy (non-hydrogen) atoms. The van der Waals surface area contributed by atoms with Crippen LogP contribution in [-0.2, 0) is 26.2 Å². The minimum atomic E-state index is -3.80. The van der Waals surface area contributed by atoms with Gasteiger partial charge in [-0.05, 0) is 62.1 Å². The van der Waals surface area contributed by atoms with Gasteiger partial charge in [0.25, 0.3) is 0 Å². The summed E-state index contributed by atoms with van der Waals surface area (Å²) in [6.07, 6.45) is 4.10. The molecule has 1 aliphatic heterocycles. The van der Waals surface area contributed by atoms with E-state index in [1.165, 1.54) is 22.7 Å². The zero-order chi connectivity index (χ0) is 22.4. The number of hydrogen-bond acceptors (Lipinski definition) is 5. The van der Waals surface area contributed by atoms with Gasteiger partial charge in [0.05, 0.1) is 17.7 Å². The fourth-order valence-electron chi connectivity index (χ4n) is 3.70. The number of aryl methyl sites for hydroxylation is 1. The molecule has 0 spiro atoms. The van der Waals surface area contributed by atoms with E-state index in [1.807, 2.05) is 0 Å². The van der Waals surface area contributed by atoms with Crippen LogP contribution in [0.15, 0.2) is 45.9 Å². The first-order valence-electron chi connectivity index (χ1n) is 10.2. The predicted octanol–water partition coefficient (Wildman–Crippen LogP) is 2.09. The van der Waals surface area contributed by atoms with Crippen molar-refractivity contribution >= 4 is 21.8 Å². The number of benzene rings is 1. The SMILES string of the molecule is Cc1cc(F)ccc1S(=O)(=O)N1CCCC[C@@H]1CCNC(=O)C(=O)NCc1ccco1. The molecule has 0 unspecified atom stereocenters. The third-order valence-corrected chi connectivity index (χ3v) is 7.38. The molecule has 8 nitrogen and oxygen atoms in total. The predicted molar refractivity (Wildman–Crippen MR) is 111 cm³/mol. The molecule has 1 saturated heterocycles. The van der Waals surface area contributed by atoms with Crippen LogP contribution >= 0.6 is 0 Å². The highest BCUT2D eigenvalue weighted by atomic mass is 32.2. The average molecular weight is 452 g/mol. The number of furan rings is 1. The van der Waals surface area contributed by atoms with Gasteiger partial charge in [0, 0.05) is 19.1 Å². The van der Waals surface area contributed by atoms with Crippen molar-refractivity contribution in [3.05, 3.63) is 53.7 Å². The van der Waals surface area contributed by atoms with Crippen LogP contribution in [0.4, 0.5) is 4.39 Å². The topological polar surface area (TPSA) is 109 Å². The lowest BCUT2D eigenvalue weighted by atomic mass is 10.0. The number of rotatable bonds is 7. The molecule has 1 aromatic carbocycles. The van der Waals surface area contributed by atoms with Gasteiger partial charge in [-0.2, -0.15) is 4.31 Å². The number of hydrogen-bond donors (Lipinski definition) is 2. The summed E-state index contributed by atoms with van der Waals surface area (Å²) in [5.74, 6) is -1.53. The third-order valence-electron chi connectivity index (χ3n) is 5.27. The zero-order valence-corrected chi connectivity index (χ0v) is 18.1. The third kappa shape index (κ3) is 5.71. The van der Waals surface area contributed by atoms with Crippen LogP contribution in [0.25, 0.3) is 0 Å². The number of nitrogens with zero attached hydrogens (tertiary/aromatic N) is 1. The normalized spacial score (nSPS) is 17.3. The number of carbonyl (C=O) groups is 2. The largest absolute Gasteiger partial charge is 0.467 e. The number of amides is 2. The minimum Gasteiger partial charge on any atom is -0.467 e. The number of carbonyl (C=O) groups excluding carboxylic acids is 2. The van der Waals surface area contributed by atoms with Gasteiger partial charge in [-0.25, -0.2) is 12.8 Å². The molecule has 0 saturated carbocycles. The van der Waals surface area contributed by atoms with Gasteiger partial charge in [0.1, 0.15) is 11.6 Å². The fourth-order valence-corrected chi connectivity index (χ4v) is 5.63. The summed E-state index contributed by atoms with van der Waals surface area (Å²) >= 11 is 0. The van der Waals surface area contributed by atoms with E-state index in [2.05, 4.69) is 10.6 Å². The number of piperidine rings is 1. The Balaban J connectivity index is 1.57. The Morgan fingerprint density at radius 2 is 1.97 bits per heavy atom. The van der Waals surface area contributed by atoms with Crippen molar-refractivity contribution in [3.8, 4) is 0 Å². The first kappa shape index (κ1) is 23.0. The lowest BCUT2D eigenvalue weighted by Crippen LogP contribution is -2.46. The van der Waals surface area contributed by atoms with Gasteiger partial charge in [-0.15, -0.1) is 0 Å². The van der Waals surface area contributed by atoms with Crippen molar-refractivity contribution in [2.75, 3.05) is 13.1 Å². The van der Waals surface area contributed by atoms with E-state index < -0.39 is 27.7 Å². The smallest absolute Gasteiger partial charge is 0.309 e. The Kier molecular flexibility index (Phi) is 7.45. The maximum atomic E-state index is 13.4. The van der Waals surface area contributed by atoms with Gasteiger partial charge >= 0.3 is 11.8 Å². The standard InChI is InChI=1S/C21H26FN3O5S/c1-15-13-16(22)7-8-19(15)31(28,29)25-11-3-2-5-17(25)9-10-23-20(26)21(27)24-14-18-6-4-12-30-18/h4,6-8,12-13,17H,2-3,5,9-11,14H2,1H3,(H,23,26)(H,24,27)/t17-/m1/s1. The van der Waals surface area contributed by atoms with E-state index in [-0.39, 0.29) is 24.0 Å². The molecule has 1 atom stereocenters. The molecule has 2 N–H and O–H groups in total. The molecular formula is C21H26FN3O5S. The zero-order valence-electron chi connectivity index (χ0n) is 17.3. The molecule has 10 heteroatoms. The number of halogens is 1. The molecular weight excluding hydrogens is 425 g/mol. The first-order valence-corrected chi connectivity index (χ1v) is 11.6. The second-order valence-corrected chi connectivity index (χ2v) is 9.34. The maximum absolute atomic E-state index is 13.4. The van der Waals surface area contributed by atoms with Crippen LogP contribution in [0.3, 0.4) is 0 Å². The molecule has 2 heterocycles. The van der Waals surface area contributed by atoms with E-state index in [9.17, 15) is 22.4 Å². The number of nitrogens with one attached hydrogen (secondary N) is 2. The van der Waals surface area contributed by atoms with E-state index in [4.69, 9.17) is 4.42 Å². The van der Waals surface area contributed by atoms with Crippen molar-refractivity contribution in [2.24, 2.45) is 0 Å². The monoisotopic (exact) mass is 451 g/mol. The molecule has 168 valence electrons. The van der Waals surface area contributed by atoms with Gasteiger partial charge in [-0.1, -0.05) is 6.42 Å². The summed E-state index contributed by atoms with van der Waals surface area (Å²) < 4.78 is 46.3. The van der Waals surface area contributed by atoms with Crippen LogP contribution < -0.4 is 10.6 Å². The van der Waals surface area contributed by atoms with E-state index in [0.29, 0.717) is 30.7 Å². The molecule has 1 aromatic heterocycles. The Labute approximate surface area is 180 Å². The minimum absolute atomic E-state index is 0.0853. The van der Waals surface area contributed by atoms with Gasteiger partial charge in [0.2, 0.25) is 10.0 Å². The average Bonchev–Trinajstić information content (AvgIpc) is 3.25. The van der Waals surface area contributed by atoms with Crippen LogP contribution in [0.2, 0.25) is 0 Å². The lowest BCUT2D eigenvalue weighted by molar-refractivity contribution is -0.139. The van der Waals surface area contributed by atoms with Crippen molar-refractivity contribution in [1.29, 1.82) is 0 Å². The summed E-state index contributed by atoms with van der Waals surface area (Å²) in [6, 6.07) is 6.68. The van der Waals surface area contributed by atoms with Crippen molar-refractivity contribution in [1.82, 2.24) is 14.9 Å². The Morgan fingerprint density at radius 1 is 1.19 bits per heavy atom. The summed E-state index contributed by atoms with van der Waals surface area (Å²) in [5, 5.41) is 4.99. The quantitative estimate of drug-likeness (QED) is 0.627. The van der Waals surface area contributed by atoms with Crippen LogP contribution in [0, 0.1) is 12.7 Å². The second-order valence-electron chi connectivity index (χ2n) is 7.48. The van der Waals surface area contributed by atoms with Crippen LogP contribution in [0.5, 0.6) is 0 Å². The molecule has 1 aliphatic rings. The molecule has 3 rings (SSSR count). The highest BCUT2D eigenvalue weighted by Gasteiger charge is 2.34. The lowest BCUT2D eigenvalue weighted by Gasteiger charge is -2.35. The molecule has 0 radical (unpaired) electrons. The van der Waals surface area contributed by atoms with Crippen LogP contribution in [-0.4, -0.2) is 43.7 Å². The van der Waals surface area contributed by atoms with Crippen LogP contribution in [0.1, 0.15) is 37.0 Å².